The molecule has 0 atom stereocenters. The maximum Gasteiger partial charge on any atom is 0.252 e. The summed E-state index contributed by atoms with van der Waals surface area (Å²) in [6.45, 7) is 2.79. The Bertz CT molecular complexity index is 887. The van der Waals surface area contributed by atoms with Crippen LogP contribution in [0.2, 0.25) is 0 Å². The van der Waals surface area contributed by atoms with E-state index in [0.29, 0.717) is 30.1 Å². The molecular formula is C18H21BrN2O3S2. The number of piperidine rings is 1. The number of aryl methyl sites for hydroxylation is 1. The highest BCUT2D eigenvalue weighted by Crippen LogP contribution is 2.31. The Morgan fingerprint density at radius 2 is 1.92 bits per heavy atom. The lowest BCUT2D eigenvalue weighted by molar-refractivity contribution is -0.120. The summed E-state index contributed by atoms with van der Waals surface area (Å²) < 4.78 is 27.9. The van der Waals surface area contributed by atoms with Crippen LogP contribution in [0, 0.1) is 5.92 Å². The summed E-state index contributed by atoms with van der Waals surface area (Å²) in [5, 5.41) is 3.01. The zero-order valence-corrected chi connectivity index (χ0v) is 17.7. The minimum absolute atomic E-state index is 0.0261. The summed E-state index contributed by atoms with van der Waals surface area (Å²) in [6, 6.07) is 11.1. The zero-order valence-electron chi connectivity index (χ0n) is 14.4. The second kappa shape index (κ2) is 8.21. The molecule has 1 N–H and O–H groups in total. The predicted octanol–water partition coefficient (Wildman–Crippen LogP) is 4.11. The summed E-state index contributed by atoms with van der Waals surface area (Å²) in [6.07, 6.45) is 1.92. The van der Waals surface area contributed by atoms with Gasteiger partial charge in [-0.2, -0.15) is 4.31 Å². The van der Waals surface area contributed by atoms with Gasteiger partial charge in [-0.05, 0) is 59.0 Å². The van der Waals surface area contributed by atoms with Crippen LogP contribution in [0.25, 0.3) is 0 Å². The van der Waals surface area contributed by atoms with Crippen molar-refractivity contribution in [2.24, 2.45) is 5.92 Å². The standard InChI is InChI=1S/C18H21BrN2O3S2/c1-2-13-5-3-4-6-15(13)20-18(22)14-9-11-21(12-10-14)26(23,24)17-8-7-16(19)25-17/h3-8,14H,2,9-12H2,1H3,(H,20,22). The van der Waals surface area contributed by atoms with E-state index in [1.54, 1.807) is 12.1 Å². The number of hydrogen-bond donors (Lipinski definition) is 1. The van der Waals surface area contributed by atoms with Crippen LogP contribution >= 0.6 is 27.3 Å². The molecule has 0 spiro atoms. The van der Waals surface area contributed by atoms with Crippen molar-refractivity contribution in [3.05, 3.63) is 45.7 Å². The van der Waals surface area contributed by atoms with Gasteiger partial charge in [0.25, 0.3) is 10.0 Å². The van der Waals surface area contributed by atoms with Gasteiger partial charge >= 0.3 is 0 Å². The van der Waals surface area contributed by atoms with Crippen LogP contribution in [-0.4, -0.2) is 31.7 Å². The molecule has 1 saturated heterocycles. The van der Waals surface area contributed by atoms with Crippen molar-refractivity contribution in [2.45, 2.75) is 30.4 Å². The largest absolute Gasteiger partial charge is 0.326 e. The van der Waals surface area contributed by atoms with Gasteiger partial charge in [-0.15, -0.1) is 11.3 Å². The number of thiophene rings is 1. The normalized spacial score (nSPS) is 16.5. The number of carbonyl (C=O) groups is 1. The minimum atomic E-state index is -3.47. The van der Waals surface area contributed by atoms with E-state index >= 15 is 0 Å². The average molecular weight is 457 g/mol. The lowest BCUT2D eigenvalue weighted by Gasteiger charge is -2.30. The van der Waals surface area contributed by atoms with Crippen molar-refractivity contribution in [3.63, 3.8) is 0 Å². The van der Waals surface area contributed by atoms with Gasteiger partial charge in [-0.25, -0.2) is 8.42 Å². The highest BCUT2D eigenvalue weighted by molar-refractivity contribution is 9.11. The number of amides is 1. The Balaban J connectivity index is 1.62. The summed E-state index contributed by atoms with van der Waals surface area (Å²) in [4.78, 5) is 12.6. The van der Waals surface area contributed by atoms with E-state index in [2.05, 4.69) is 28.2 Å². The van der Waals surface area contributed by atoms with Crippen LogP contribution in [-0.2, 0) is 21.2 Å². The van der Waals surface area contributed by atoms with Gasteiger partial charge in [0.2, 0.25) is 5.91 Å². The fraction of sp³-hybridized carbons (Fsp3) is 0.389. The van der Waals surface area contributed by atoms with Gasteiger partial charge in [0.15, 0.2) is 0 Å². The topological polar surface area (TPSA) is 66.5 Å². The van der Waals surface area contributed by atoms with Crippen LogP contribution in [0.4, 0.5) is 5.69 Å². The second-order valence-electron chi connectivity index (χ2n) is 6.24. The average Bonchev–Trinajstić information content (AvgIpc) is 3.09. The van der Waals surface area contributed by atoms with Crippen LogP contribution < -0.4 is 5.32 Å². The van der Waals surface area contributed by atoms with E-state index in [1.165, 1.54) is 15.6 Å². The lowest BCUT2D eigenvalue weighted by atomic mass is 9.97. The Morgan fingerprint density at radius 1 is 1.23 bits per heavy atom. The van der Waals surface area contributed by atoms with Crippen LogP contribution in [0.3, 0.4) is 0 Å². The zero-order chi connectivity index (χ0) is 18.7. The third-order valence-electron chi connectivity index (χ3n) is 4.62. The van der Waals surface area contributed by atoms with Crippen molar-refractivity contribution in [3.8, 4) is 0 Å². The van der Waals surface area contributed by atoms with Crippen LogP contribution in [0.5, 0.6) is 0 Å². The summed E-state index contributed by atoms with van der Waals surface area (Å²) in [5.74, 6) is -0.191. The molecule has 2 aromatic rings. The van der Waals surface area contributed by atoms with Crippen molar-refractivity contribution >= 4 is 48.9 Å². The van der Waals surface area contributed by atoms with Crippen molar-refractivity contribution in [1.82, 2.24) is 4.31 Å². The van der Waals surface area contributed by atoms with Gasteiger partial charge in [-0.3, -0.25) is 4.79 Å². The molecule has 5 nitrogen and oxygen atoms in total. The Kier molecular flexibility index (Phi) is 6.17. The maximum absolute atomic E-state index is 12.7. The number of hydrogen-bond acceptors (Lipinski definition) is 4. The minimum Gasteiger partial charge on any atom is -0.326 e. The number of nitrogens with zero attached hydrogens (tertiary/aromatic N) is 1. The van der Waals surface area contributed by atoms with Crippen molar-refractivity contribution in [2.75, 3.05) is 18.4 Å². The molecule has 1 aliphatic heterocycles. The summed E-state index contributed by atoms with van der Waals surface area (Å²) >= 11 is 4.51. The van der Waals surface area contributed by atoms with E-state index in [9.17, 15) is 13.2 Å². The molecule has 140 valence electrons. The highest BCUT2D eigenvalue weighted by Gasteiger charge is 2.33. The number of nitrogens with one attached hydrogen (secondary N) is 1. The Hall–Kier alpha value is -1.22. The first kappa shape index (κ1) is 19.5. The van der Waals surface area contributed by atoms with E-state index in [4.69, 9.17) is 0 Å². The number of rotatable bonds is 5. The predicted molar refractivity (Wildman–Crippen MR) is 108 cm³/mol. The van der Waals surface area contributed by atoms with Gasteiger partial charge < -0.3 is 5.32 Å². The first-order chi connectivity index (χ1) is 12.4. The summed E-state index contributed by atoms with van der Waals surface area (Å²) in [5.41, 5.74) is 1.95. The number of halogens is 1. The molecule has 1 aromatic heterocycles. The molecule has 1 amide bonds. The van der Waals surface area contributed by atoms with Gasteiger partial charge in [-0.1, -0.05) is 25.1 Å². The van der Waals surface area contributed by atoms with E-state index in [0.717, 1.165) is 21.5 Å². The number of sulfonamides is 1. The fourth-order valence-electron chi connectivity index (χ4n) is 3.11. The van der Waals surface area contributed by atoms with E-state index in [-0.39, 0.29) is 11.8 Å². The molecule has 0 unspecified atom stereocenters. The molecule has 2 heterocycles. The summed E-state index contributed by atoms with van der Waals surface area (Å²) in [7, 11) is -3.47. The fourth-order valence-corrected chi connectivity index (χ4v) is 6.74. The smallest absolute Gasteiger partial charge is 0.252 e. The van der Waals surface area contributed by atoms with Gasteiger partial charge in [0.05, 0.1) is 3.79 Å². The lowest BCUT2D eigenvalue weighted by Crippen LogP contribution is -2.41. The molecular weight excluding hydrogens is 436 g/mol. The SMILES string of the molecule is CCc1ccccc1NC(=O)C1CCN(S(=O)(=O)c2ccc(Br)s2)CC1. The molecule has 3 rings (SSSR count). The Morgan fingerprint density at radius 3 is 2.54 bits per heavy atom. The molecule has 0 aliphatic carbocycles. The molecule has 0 radical (unpaired) electrons. The van der Waals surface area contributed by atoms with Gasteiger partial charge in [0, 0.05) is 24.7 Å². The first-order valence-corrected chi connectivity index (χ1v) is 11.6. The van der Waals surface area contributed by atoms with Crippen LogP contribution in [0.15, 0.2) is 44.4 Å². The van der Waals surface area contributed by atoms with E-state index in [1.807, 2.05) is 24.3 Å². The third kappa shape index (κ3) is 4.19. The molecule has 1 aromatic carbocycles. The van der Waals surface area contributed by atoms with Gasteiger partial charge in [0.1, 0.15) is 4.21 Å². The number of anilines is 1. The molecule has 1 fully saturated rings. The molecule has 1 aliphatic rings. The number of carbonyl (C=O) groups excluding carboxylic acids is 1. The van der Waals surface area contributed by atoms with Crippen molar-refractivity contribution in [1.29, 1.82) is 0 Å². The quantitative estimate of drug-likeness (QED) is 0.735. The monoisotopic (exact) mass is 456 g/mol. The highest BCUT2D eigenvalue weighted by atomic mass is 79.9. The first-order valence-electron chi connectivity index (χ1n) is 8.56. The number of benzene rings is 1. The third-order valence-corrected chi connectivity index (χ3v) is 8.61. The number of para-hydroxylation sites is 1. The van der Waals surface area contributed by atoms with E-state index < -0.39 is 10.0 Å². The molecule has 0 saturated carbocycles. The second-order valence-corrected chi connectivity index (χ2v) is 10.9. The van der Waals surface area contributed by atoms with Crippen LogP contribution in [0.1, 0.15) is 25.3 Å². The maximum atomic E-state index is 12.7. The van der Waals surface area contributed by atoms with Crippen molar-refractivity contribution < 1.29 is 13.2 Å². The molecule has 0 bridgehead atoms. The Labute approximate surface area is 166 Å². The molecule has 26 heavy (non-hydrogen) atoms. The molecule has 8 heteroatoms.